The number of hydrogen-bond donors (Lipinski definition) is 0. The molecule has 0 saturated carbocycles. The number of allylic oxidation sites excluding steroid dienone is 4. The van der Waals surface area contributed by atoms with E-state index in [0.717, 1.165) is 0 Å². The molecule has 13 heavy (non-hydrogen) atoms. The standard InChI is InChI=1S/C10H15.2FH.Ti/c1-7-6-10(4,5)9(3)8(7)2;;;/h1-5H3;2*1H;/q-1;;;+3/p-2. The van der Waals surface area contributed by atoms with E-state index in [4.69, 9.17) is 0 Å². The van der Waals surface area contributed by atoms with E-state index in [1.54, 1.807) is 0 Å². The molecule has 0 aromatic carbocycles. The minimum Gasteiger partial charge on any atom is -1.00 e. The molecular formula is C10H15F2Ti. The van der Waals surface area contributed by atoms with Crippen molar-refractivity contribution >= 4 is 0 Å². The second kappa shape index (κ2) is 5.72. The van der Waals surface area contributed by atoms with Crippen molar-refractivity contribution in [3.63, 3.8) is 0 Å². The molecule has 1 aliphatic carbocycles. The average molecular weight is 221 g/mol. The summed E-state index contributed by atoms with van der Waals surface area (Å²) in [4.78, 5) is 0. The summed E-state index contributed by atoms with van der Waals surface area (Å²) in [5.74, 6) is 0. The topological polar surface area (TPSA) is 0 Å². The van der Waals surface area contributed by atoms with Gasteiger partial charge in [-0.05, 0) is 0 Å². The van der Waals surface area contributed by atoms with Crippen LogP contribution in [0.15, 0.2) is 16.7 Å². The first-order chi connectivity index (χ1) is 4.45. The van der Waals surface area contributed by atoms with Crippen LogP contribution in [0.4, 0.5) is 0 Å². The molecule has 1 aliphatic rings. The first-order valence-electron chi connectivity index (χ1n) is 3.75. The Morgan fingerprint density at radius 3 is 1.46 bits per heavy atom. The van der Waals surface area contributed by atoms with E-state index in [1.807, 2.05) is 0 Å². The third-order valence-electron chi connectivity index (χ3n) is 2.56. The Bertz CT molecular complexity index is 227. The van der Waals surface area contributed by atoms with E-state index in [1.165, 1.54) is 16.7 Å². The van der Waals surface area contributed by atoms with Crippen LogP contribution in [-0.2, 0) is 21.7 Å². The van der Waals surface area contributed by atoms with Crippen molar-refractivity contribution < 1.29 is 31.1 Å². The molecule has 1 rings (SSSR count). The Labute approximate surface area is 94.1 Å². The van der Waals surface area contributed by atoms with E-state index in [9.17, 15) is 0 Å². The van der Waals surface area contributed by atoms with Crippen molar-refractivity contribution in [2.45, 2.75) is 34.6 Å². The summed E-state index contributed by atoms with van der Waals surface area (Å²) in [7, 11) is 0. The molecule has 0 atom stereocenters. The van der Waals surface area contributed by atoms with E-state index in [0.29, 0.717) is 0 Å². The predicted octanol–water partition coefficient (Wildman–Crippen LogP) is -2.88. The Morgan fingerprint density at radius 1 is 1.00 bits per heavy atom. The van der Waals surface area contributed by atoms with Gasteiger partial charge >= 0.3 is 21.7 Å². The Balaban J connectivity index is -0.000000333. The number of hydrogen-bond acceptors (Lipinski definition) is 0. The molecule has 0 spiro atoms. The molecule has 0 unspecified atom stereocenters. The van der Waals surface area contributed by atoms with Gasteiger partial charge in [-0.2, -0.15) is 11.1 Å². The molecule has 0 N–H and O–H groups in total. The summed E-state index contributed by atoms with van der Waals surface area (Å²) in [6.07, 6.45) is 3.44. The fraction of sp³-hybridized carbons (Fsp3) is 0.600. The zero-order valence-electron chi connectivity index (χ0n) is 8.76. The number of rotatable bonds is 0. The van der Waals surface area contributed by atoms with Gasteiger partial charge in [0.05, 0.1) is 0 Å². The first kappa shape index (κ1) is 18.8. The average Bonchev–Trinajstić information content (AvgIpc) is 1.95. The fourth-order valence-corrected chi connectivity index (χ4v) is 1.41. The minimum absolute atomic E-state index is 0. The van der Waals surface area contributed by atoms with Crippen molar-refractivity contribution in [1.29, 1.82) is 0 Å². The summed E-state index contributed by atoms with van der Waals surface area (Å²) in [5.41, 5.74) is 4.39. The molecule has 3 heteroatoms. The minimum atomic E-state index is 0. The molecule has 0 fully saturated rings. The second-order valence-corrected chi connectivity index (χ2v) is 3.62. The largest absolute Gasteiger partial charge is 3.00 e. The summed E-state index contributed by atoms with van der Waals surface area (Å²) in [6.45, 7) is 10.9. The molecule has 0 bridgehead atoms. The number of halogens is 2. The maximum Gasteiger partial charge on any atom is 3.00 e. The van der Waals surface area contributed by atoms with Crippen LogP contribution in [0.2, 0.25) is 0 Å². The molecule has 0 amide bonds. The van der Waals surface area contributed by atoms with Crippen molar-refractivity contribution in [2.24, 2.45) is 5.41 Å². The zero-order chi connectivity index (χ0) is 7.94. The van der Waals surface area contributed by atoms with Gasteiger partial charge in [-0.15, -0.1) is 6.92 Å². The molecular weight excluding hydrogens is 206 g/mol. The van der Waals surface area contributed by atoms with Crippen LogP contribution in [0.25, 0.3) is 0 Å². The van der Waals surface area contributed by atoms with Gasteiger partial charge in [0.25, 0.3) is 0 Å². The summed E-state index contributed by atoms with van der Waals surface area (Å²) >= 11 is 0. The predicted molar refractivity (Wildman–Crippen MR) is 44.6 cm³/mol. The van der Waals surface area contributed by atoms with Crippen molar-refractivity contribution in [3.8, 4) is 0 Å². The SMILES string of the molecule is CC1=[C-]C(C)(C)C(C)=C1C.[F-].[F-].[Ti+3]. The smallest absolute Gasteiger partial charge is 1.00 e. The third-order valence-corrected chi connectivity index (χ3v) is 2.56. The van der Waals surface area contributed by atoms with Crippen LogP contribution in [-0.4, -0.2) is 0 Å². The van der Waals surface area contributed by atoms with Crippen molar-refractivity contribution in [1.82, 2.24) is 0 Å². The molecule has 1 radical (unpaired) electrons. The Morgan fingerprint density at radius 2 is 1.38 bits per heavy atom. The molecule has 0 heterocycles. The first-order valence-corrected chi connectivity index (χ1v) is 3.75. The molecule has 0 aromatic rings. The van der Waals surface area contributed by atoms with Gasteiger partial charge in [-0.25, -0.2) is 5.57 Å². The monoisotopic (exact) mass is 221 g/mol. The fourth-order valence-electron chi connectivity index (χ4n) is 1.41. The normalized spacial score (nSPS) is 18.1. The zero-order valence-corrected chi connectivity index (χ0v) is 10.3. The maximum atomic E-state index is 3.44. The molecule has 0 saturated heterocycles. The quantitative estimate of drug-likeness (QED) is 0.304. The van der Waals surface area contributed by atoms with Crippen LogP contribution in [0.1, 0.15) is 34.6 Å². The maximum absolute atomic E-state index is 3.44. The summed E-state index contributed by atoms with van der Waals surface area (Å²) in [5, 5.41) is 0. The molecule has 73 valence electrons. The summed E-state index contributed by atoms with van der Waals surface area (Å²) in [6, 6.07) is 0. The van der Waals surface area contributed by atoms with Gasteiger partial charge in [-0.3, -0.25) is 6.08 Å². The molecule has 0 aliphatic heterocycles. The van der Waals surface area contributed by atoms with Crippen LogP contribution in [0, 0.1) is 11.5 Å². The van der Waals surface area contributed by atoms with Crippen LogP contribution in [0.5, 0.6) is 0 Å². The van der Waals surface area contributed by atoms with Crippen molar-refractivity contribution in [3.05, 3.63) is 22.8 Å². The van der Waals surface area contributed by atoms with Gasteiger partial charge < -0.3 is 9.41 Å². The van der Waals surface area contributed by atoms with E-state index in [2.05, 4.69) is 40.7 Å². The van der Waals surface area contributed by atoms with Crippen molar-refractivity contribution in [2.75, 3.05) is 0 Å². The van der Waals surface area contributed by atoms with Gasteiger partial charge in [0.15, 0.2) is 0 Å². The van der Waals surface area contributed by atoms with E-state index < -0.39 is 0 Å². The van der Waals surface area contributed by atoms with Crippen LogP contribution < -0.4 is 9.41 Å². The van der Waals surface area contributed by atoms with Crippen LogP contribution >= 0.6 is 0 Å². The molecule has 0 nitrogen and oxygen atoms in total. The second-order valence-electron chi connectivity index (χ2n) is 3.62. The third kappa shape index (κ3) is 3.36. The van der Waals surface area contributed by atoms with Crippen LogP contribution in [0.3, 0.4) is 0 Å². The van der Waals surface area contributed by atoms with Gasteiger partial charge in [0, 0.05) is 0 Å². The molecule has 0 aromatic heterocycles. The van der Waals surface area contributed by atoms with E-state index >= 15 is 0 Å². The van der Waals surface area contributed by atoms with Gasteiger partial charge in [-0.1, -0.05) is 33.1 Å². The van der Waals surface area contributed by atoms with Gasteiger partial charge in [0.1, 0.15) is 0 Å². The Hall–Kier alpha value is 0.0543. The summed E-state index contributed by atoms with van der Waals surface area (Å²) < 4.78 is 0. The van der Waals surface area contributed by atoms with E-state index in [-0.39, 0.29) is 36.5 Å². The van der Waals surface area contributed by atoms with Gasteiger partial charge in [0.2, 0.25) is 0 Å². The Kier molecular flexibility index (Phi) is 8.25.